The molecule has 1 fully saturated rings. The Hall–Kier alpha value is -2.04. The van der Waals surface area contributed by atoms with Crippen LogP contribution in [0.25, 0.3) is 0 Å². The van der Waals surface area contributed by atoms with E-state index in [0.29, 0.717) is 18.9 Å². The van der Waals surface area contributed by atoms with Crippen molar-refractivity contribution in [3.63, 3.8) is 0 Å². The minimum atomic E-state index is -0.943. The third-order valence-corrected chi connectivity index (χ3v) is 4.29. The summed E-state index contributed by atoms with van der Waals surface area (Å²) in [4.78, 5) is 27.6. The van der Waals surface area contributed by atoms with E-state index in [2.05, 4.69) is 0 Å². The first-order chi connectivity index (χ1) is 10.1. The summed E-state index contributed by atoms with van der Waals surface area (Å²) in [6.45, 7) is 3.29. The third kappa shape index (κ3) is 2.60. The van der Waals surface area contributed by atoms with Crippen molar-refractivity contribution in [3.8, 4) is 0 Å². The van der Waals surface area contributed by atoms with Crippen molar-refractivity contribution in [2.24, 2.45) is 5.92 Å². The van der Waals surface area contributed by atoms with Crippen LogP contribution in [0.2, 0.25) is 0 Å². The molecule has 0 bridgehead atoms. The van der Waals surface area contributed by atoms with Crippen LogP contribution < -0.4 is 4.90 Å². The summed E-state index contributed by atoms with van der Waals surface area (Å²) in [5, 5.41) is 9.44. The molecule has 1 aliphatic heterocycles. The fourth-order valence-electron chi connectivity index (χ4n) is 2.93. The smallest absolute Gasteiger partial charge is 0.327 e. The highest BCUT2D eigenvalue weighted by Gasteiger charge is 2.40. The predicted molar refractivity (Wildman–Crippen MR) is 79.4 cm³/mol. The van der Waals surface area contributed by atoms with Gasteiger partial charge in [-0.15, -0.1) is 0 Å². The highest BCUT2D eigenvalue weighted by atomic mass is 16.4. The van der Waals surface area contributed by atoms with Crippen LogP contribution in [-0.2, 0) is 11.2 Å². The number of carbonyl (C=O) groups excluding carboxylic acids is 1. The van der Waals surface area contributed by atoms with E-state index in [1.54, 1.807) is 4.90 Å². The second-order valence-corrected chi connectivity index (χ2v) is 5.82. The van der Waals surface area contributed by atoms with Crippen LogP contribution >= 0.6 is 0 Å². The van der Waals surface area contributed by atoms with Crippen molar-refractivity contribution in [1.29, 1.82) is 0 Å². The maximum absolute atomic E-state index is 12.8. The second kappa shape index (κ2) is 5.39. The van der Waals surface area contributed by atoms with Gasteiger partial charge in [-0.05, 0) is 37.3 Å². The Bertz CT molecular complexity index is 568. The number of carboxylic acids is 1. The number of rotatable bonds is 4. The van der Waals surface area contributed by atoms with E-state index in [1.165, 1.54) is 17.7 Å². The lowest BCUT2D eigenvalue weighted by Gasteiger charge is -2.30. The van der Waals surface area contributed by atoms with Crippen LogP contribution in [0.5, 0.6) is 0 Å². The summed E-state index contributed by atoms with van der Waals surface area (Å²) in [6, 6.07) is 6.50. The molecule has 1 heterocycles. The summed E-state index contributed by atoms with van der Waals surface area (Å²) < 4.78 is 0. The van der Waals surface area contributed by atoms with Gasteiger partial charge < -0.3 is 10.0 Å². The van der Waals surface area contributed by atoms with Gasteiger partial charge in [0.25, 0.3) is 0 Å². The lowest BCUT2D eigenvalue weighted by atomic mass is 10.1. The number of benzene rings is 1. The maximum atomic E-state index is 12.8. The minimum absolute atomic E-state index is 0.179. The number of amides is 2. The Morgan fingerprint density at radius 3 is 2.67 bits per heavy atom. The molecule has 0 saturated heterocycles. The Morgan fingerprint density at radius 1 is 1.33 bits per heavy atom. The molecule has 5 heteroatoms. The zero-order valence-corrected chi connectivity index (χ0v) is 12.2. The quantitative estimate of drug-likeness (QED) is 0.925. The molecule has 1 aliphatic carbocycles. The fraction of sp³-hybridized carbons (Fsp3) is 0.500. The molecule has 3 rings (SSSR count). The maximum Gasteiger partial charge on any atom is 0.327 e. The van der Waals surface area contributed by atoms with Crippen LogP contribution in [-0.4, -0.2) is 41.1 Å². The first-order valence-corrected chi connectivity index (χ1v) is 7.50. The largest absolute Gasteiger partial charge is 0.480 e. The minimum Gasteiger partial charge on any atom is -0.480 e. The zero-order valence-electron chi connectivity index (χ0n) is 12.2. The van der Waals surface area contributed by atoms with Crippen LogP contribution in [0.1, 0.15) is 25.3 Å². The molecule has 0 spiro atoms. The molecule has 1 unspecified atom stereocenters. The van der Waals surface area contributed by atoms with Gasteiger partial charge >= 0.3 is 12.0 Å². The van der Waals surface area contributed by atoms with E-state index in [0.717, 1.165) is 17.8 Å². The Morgan fingerprint density at radius 2 is 2.05 bits per heavy atom. The number of para-hydroxylation sites is 1. The van der Waals surface area contributed by atoms with Gasteiger partial charge in [-0.1, -0.05) is 18.2 Å². The van der Waals surface area contributed by atoms with Crippen LogP contribution in [0, 0.1) is 5.92 Å². The topological polar surface area (TPSA) is 60.9 Å². The van der Waals surface area contributed by atoms with Crippen LogP contribution in [0.3, 0.4) is 0 Å². The number of carbonyl (C=O) groups is 2. The van der Waals surface area contributed by atoms with Gasteiger partial charge in [-0.2, -0.15) is 0 Å². The molecule has 2 amide bonds. The molecule has 2 aliphatic rings. The van der Waals surface area contributed by atoms with E-state index in [1.807, 2.05) is 31.2 Å². The first-order valence-electron chi connectivity index (χ1n) is 7.50. The van der Waals surface area contributed by atoms with Gasteiger partial charge in [-0.25, -0.2) is 9.59 Å². The Labute approximate surface area is 124 Å². The molecule has 21 heavy (non-hydrogen) atoms. The molecule has 0 radical (unpaired) electrons. The number of nitrogens with zero attached hydrogens (tertiary/aromatic N) is 2. The molecule has 112 valence electrons. The summed E-state index contributed by atoms with van der Waals surface area (Å²) in [5.74, 6) is -0.350. The van der Waals surface area contributed by atoms with Crippen molar-refractivity contribution < 1.29 is 14.7 Å². The number of urea groups is 1. The second-order valence-electron chi connectivity index (χ2n) is 5.82. The van der Waals surface area contributed by atoms with Crippen LogP contribution in [0.4, 0.5) is 10.5 Å². The van der Waals surface area contributed by atoms with E-state index < -0.39 is 12.0 Å². The molecule has 1 N–H and O–H groups in total. The molecule has 1 aromatic carbocycles. The molecular weight excluding hydrogens is 268 g/mol. The van der Waals surface area contributed by atoms with Crippen molar-refractivity contribution in [1.82, 2.24) is 4.90 Å². The molecule has 1 atom stereocenters. The Balaban J connectivity index is 1.88. The molecule has 5 nitrogen and oxygen atoms in total. The molecule has 0 aromatic heterocycles. The first kappa shape index (κ1) is 13.9. The van der Waals surface area contributed by atoms with Gasteiger partial charge in [-0.3, -0.25) is 4.90 Å². The number of hydrogen-bond donors (Lipinski definition) is 1. The van der Waals surface area contributed by atoms with Crippen LogP contribution in [0.15, 0.2) is 24.3 Å². The molecule has 1 aromatic rings. The average Bonchev–Trinajstić information content (AvgIpc) is 3.21. The van der Waals surface area contributed by atoms with Gasteiger partial charge in [0.15, 0.2) is 0 Å². The predicted octanol–water partition coefficient (Wildman–Crippen LogP) is 2.35. The number of hydrogen-bond acceptors (Lipinski definition) is 2. The summed E-state index contributed by atoms with van der Waals surface area (Å²) in [7, 11) is 0. The average molecular weight is 288 g/mol. The highest BCUT2D eigenvalue weighted by molar-refractivity contribution is 6.01. The summed E-state index contributed by atoms with van der Waals surface area (Å²) >= 11 is 0. The van der Waals surface area contributed by atoms with Crippen molar-refractivity contribution in [3.05, 3.63) is 29.8 Å². The van der Waals surface area contributed by atoms with E-state index in [4.69, 9.17) is 0 Å². The molecular formula is C16H20N2O3. The Kier molecular flexibility index (Phi) is 3.57. The van der Waals surface area contributed by atoms with E-state index in [-0.39, 0.29) is 6.03 Å². The SMILES string of the molecule is CCN(CC1CC1)C(=O)N1c2ccccc2CC1C(=O)O. The number of anilines is 1. The van der Waals surface area contributed by atoms with Gasteiger partial charge in [0.2, 0.25) is 0 Å². The standard InChI is InChI=1S/C16H20N2O3/c1-2-17(10-11-7-8-11)16(21)18-13-6-4-3-5-12(13)9-14(18)15(19)20/h3-6,11,14H,2,7-10H2,1H3,(H,19,20). The summed E-state index contributed by atoms with van der Waals surface area (Å²) in [6.07, 6.45) is 2.73. The zero-order chi connectivity index (χ0) is 15.0. The number of carboxylic acid groups (broad SMARTS) is 1. The lowest BCUT2D eigenvalue weighted by molar-refractivity contribution is -0.138. The van der Waals surface area contributed by atoms with E-state index in [9.17, 15) is 14.7 Å². The number of fused-ring (bicyclic) bond motifs is 1. The van der Waals surface area contributed by atoms with Gasteiger partial charge in [0.05, 0.1) is 0 Å². The van der Waals surface area contributed by atoms with Crippen molar-refractivity contribution in [2.75, 3.05) is 18.0 Å². The lowest BCUT2D eigenvalue weighted by Crippen LogP contribution is -2.50. The van der Waals surface area contributed by atoms with Gasteiger partial charge in [0, 0.05) is 25.2 Å². The third-order valence-electron chi connectivity index (χ3n) is 4.29. The van der Waals surface area contributed by atoms with Crippen molar-refractivity contribution in [2.45, 2.75) is 32.2 Å². The number of aliphatic carboxylic acids is 1. The van der Waals surface area contributed by atoms with E-state index >= 15 is 0 Å². The summed E-state index contributed by atoms with van der Waals surface area (Å²) in [5.41, 5.74) is 1.67. The van der Waals surface area contributed by atoms with Gasteiger partial charge in [0.1, 0.15) is 6.04 Å². The normalized spacial score (nSPS) is 20.2. The fourth-order valence-corrected chi connectivity index (χ4v) is 2.93. The highest BCUT2D eigenvalue weighted by Crippen LogP contribution is 2.34. The monoisotopic (exact) mass is 288 g/mol. The molecule has 1 saturated carbocycles. The van der Waals surface area contributed by atoms with Crippen molar-refractivity contribution >= 4 is 17.7 Å².